The maximum Gasteiger partial charge on any atom is 0.265 e. The van der Waals surface area contributed by atoms with Crippen molar-refractivity contribution in [1.29, 1.82) is 0 Å². The van der Waals surface area contributed by atoms with Gasteiger partial charge in [-0.3, -0.25) is 9.36 Å². The number of aryl methyl sites for hydroxylation is 1. The molecule has 5 heteroatoms. The van der Waals surface area contributed by atoms with Crippen molar-refractivity contribution in [3.8, 4) is 5.69 Å². The summed E-state index contributed by atoms with van der Waals surface area (Å²) in [5, 5.41) is 0.684. The van der Waals surface area contributed by atoms with Crippen LogP contribution in [0.2, 0.25) is 0 Å². The number of hydrogen-bond donors (Lipinski definition) is 0. The number of fused-ring (bicyclic) bond motifs is 1. The van der Waals surface area contributed by atoms with Crippen LogP contribution in [0.4, 0.5) is 0 Å². The van der Waals surface area contributed by atoms with Crippen LogP contribution in [0.1, 0.15) is 29.9 Å². The minimum atomic E-state index is 0.00565. The lowest BCUT2D eigenvalue weighted by Crippen LogP contribution is -2.20. The molecule has 1 saturated carbocycles. The first-order chi connectivity index (χ1) is 13.0. The van der Waals surface area contributed by atoms with Gasteiger partial charge in [0.05, 0.1) is 16.6 Å². The van der Waals surface area contributed by atoms with Gasteiger partial charge in [-0.05, 0) is 75.2 Å². The van der Waals surface area contributed by atoms with Gasteiger partial charge in [-0.25, -0.2) is 4.98 Å². The van der Waals surface area contributed by atoms with E-state index < -0.39 is 0 Å². The van der Waals surface area contributed by atoms with Crippen LogP contribution in [0.5, 0.6) is 0 Å². The summed E-state index contributed by atoms with van der Waals surface area (Å²) in [6.07, 6.45) is 4.17. The fraction of sp³-hybridized carbons (Fsp3) is 0.364. The third-order valence-electron chi connectivity index (χ3n) is 5.08. The van der Waals surface area contributed by atoms with Gasteiger partial charge in [0, 0.05) is 17.2 Å². The summed E-state index contributed by atoms with van der Waals surface area (Å²) in [6, 6.07) is 12.5. The van der Waals surface area contributed by atoms with Gasteiger partial charge in [-0.15, -0.1) is 11.8 Å². The van der Waals surface area contributed by atoms with Crippen LogP contribution in [0.3, 0.4) is 0 Å². The molecule has 1 aromatic heterocycles. The van der Waals surface area contributed by atoms with Crippen LogP contribution < -0.4 is 5.56 Å². The maximum absolute atomic E-state index is 13.2. The Kier molecular flexibility index (Phi) is 5.06. The Hall–Kier alpha value is -2.11. The molecule has 1 fully saturated rings. The predicted octanol–water partition coefficient (Wildman–Crippen LogP) is 4.23. The molecule has 1 aliphatic rings. The van der Waals surface area contributed by atoms with Gasteiger partial charge in [0.15, 0.2) is 0 Å². The van der Waals surface area contributed by atoms with Gasteiger partial charge >= 0.3 is 0 Å². The summed E-state index contributed by atoms with van der Waals surface area (Å²) in [6.45, 7) is 3.06. The van der Waals surface area contributed by atoms with Crippen LogP contribution in [0.25, 0.3) is 16.6 Å². The molecular formula is C22H25N3OS. The summed E-state index contributed by atoms with van der Waals surface area (Å²) >= 11 is 1.77. The van der Waals surface area contributed by atoms with Crippen molar-refractivity contribution >= 4 is 22.7 Å². The Morgan fingerprint density at radius 1 is 1.19 bits per heavy atom. The van der Waals surface area contributed by atoms with E-state index in [0.29, 0.717) is 11.3 Å². The third kappa shape index (κ3) is 3.94. The highest BCUT2D eigenvalue weighted by Gasteiger charge is 2.24. The molecule has 0 aliphatic heterocycles. The van der Waals surface area contributed by atoms with Crippen molar-refractivity contribution in [2.24, 2.45) is 0 Å². The normalized spacial score (nSPS) is 14.2. The second-order valence-corrected chi connectivity index (χ2v) is 8.74. The van der Waals surface area contributed by atoms with E-state index in [-0.39, 0.29) is 5.56 Å². The lowest BCUT2D eigenvalue weighted by atomic mass is 10.1. The SMILES string of the molecule is Cc1ccc(C2CC2)cc1-n1cnc2ccc(SCCN(C)C)cc2c1=O. The van der Waals surface area contributed by atoms with Crippen LogP contribution in [0.15, 0.2) is 52.4 Å². The highest BCUT2D eigenvalue weighted by atomic mass is 32.2. The Morgan fingerprint density at radius 3 is 2.74 bits per heavy atom. The minimum Gasteiger partial charge on any atom is -0.309 e. The highest BCUT2D eigenvalue weighted by molar-refractivity contribution is 7.99. The molecule has 0 amide bonds. The van der Waals surface area contributed by atoms with Gasteiger partial charge in [-0.2, -0.15) is 0 Å². The number of aromatic nitrogens is 2. The number of thioether (sulfide) groups is 1. The van der Waals surface area contributed by atoms with E-state index in [1.807, 2.05) is 12.1 Å². The molecule has 2 aromatic carbocycles. The summed E-state index contributed by atoms with van der Waals surface area (Å²) in [7, 11) is 4.14. The molecule has 0 N–H and O–H groups in total. The molecule has 0 atom stereocenters. The van der Waals surface area contributed by atoms with Crippen LogP contribution in [0, 0.1) is 6.92 Å². The molecule has 27 heavy (non-hydrogen) atoms. The first-order valence-electron chi connectivity index (χ1n) is 9.43. The van der Waals surface area contributed by atoms with Gasteiger partial charge in [0.25, 0.3) is 5.56 Å². The van der Waals surface area contributed by atoms with Gasteiger partial charge in [0.1, 0.15) is 6.33 Å². The fourth-order valence-electron chi connectivity index (χ4n) is 3.27. The second-order valence-electron chi connectivity index (χ2n) is 7.57. The largest absolute Gasteiger partial charge is 0.309 e. The van der Waals surface area contributed by atoms with Crippen LogP contribution >= 0.6 is 11.8 Å². The standard InChI is InChI=1S/C22H25N3OS/c1-15-4-5-17(16-6-7-16)12-21(15)25-14-23-20-9-8-18(13-19(20)22(25)26)27-11-10-24(2)3/h4-5,8-9,12-14,16H,6-7,10-11H2,1-3H3. The zero-order valence-corrected chi connectivity index (χ0v) is 16.9. The Morgan fingerprint density at radius 2 is 2.00 bits per heavy atom. The summed E-state index contributed by atoms with van der Waals surface area (Å²) < 4.78 is 1.71. The summed E-state index contributed by atoms with van der Waals surface area (Å²) in [4.78, 5) is 21.0. The van der Waals surface area contributed by atoms with E-state index in [9.17, 15) is 4.79 Å². The van der Waals surface area contributed by atoms with Crippen molar-refractivity contribution in [2.45, 2.75) is 30.6 Å². The van der Waals surface area contributed by atoms with Gasteiger partial charge in [-0.1, -0.05) is 12.1 Å². The summed E-state index contributed by atoms with van der Waals surface area (Å²) in [5.41, 5.74) is 4.13. The molecule has 3 aromatic rings. The van der Waals surface area contributed by atoms with E-state index in [0.717, 1.165) is 34.0 Å². The Labute approximate surface area is 164 Å². The number of benzene rings is 2. The van der Waals surface area contributed by atoms with Crippen molar-refractivity contribution in [3.63, 3.8) is 0 Å². The Bertz CT molecular complexity index is 1040. The first kappa shape index (κ1) is 18.3. The molecule has 140 valence electrons. The predicted molar refractivity (Wildman–Crippen MR) is 113 cm³/mol. The Balaban J connectivity index is 1.73. The summed E-state index contributed by atoms with van der Waals surface area (Å²) in [5.74, 6) is 1.66. The molecular weight excluding hydrogens is 354 g/mol. The van der Waals surface area contributed by atoms with Crippen molar-refractivity contribution in [1.82, 2.24) is 14.5 Å². The molecule has 0 saturated heterocycles. The topological polar surface area (TPSA) is 38.1 Å². The molecule has 0 radical (unpaired) electrons. The first-order valence-corrected chi connectivity index (χ1v) is 10.4. The van der Waals surface area contributed by atoms with Crippen molar-refractivity contribution < 1.29 is 0 Å². The van der Waals surface area contributed by atoms with E-state index in [1.165, 1.54) is 18.4 Å². The molecule has 4 rings (SSSR count). The fourth-order valence-corrected chi connectivity index (χ4v) is 4.32. The number of rotatable bonds is 6. The van der Waals surface area contributed by atoms with Gasteiger partial charge in [0.2, 0.25) is 0 Å². The highest BCUT2D eigenvalue weighted by Crippen LogP contribution is 2.40. The quantitative estimate of drug-likeness (QED) is 0.601. The van der Waals surface area contributed by atoms with Crippen molar-refractivity contribution in [2.75, 3.05) is 26.4 Å². The second kappa shape index (κ2) is 7.49. The van der Waals surface area contributed by atoms with Crippen LogP contribution in [-0.4, -0.2) is 40.8 Å². The van der Waals surface area contributed by atoms with E-state index in [2.05, 4.69) is 55.2 Å². The zero-order valence-electron chi connectivity index (χ0n) is 16.1. The van der Waals surface area contributed by atoms with Crippen LogP contribution in [-0.2, 0) is 0 Å². The lowest BCUT2D eigenvalue weighted by molar-refractivity contribution is 0.437. The number of nitrogens with zero attached hydrogens (tertiary/aromatic N) is 3. The average Bonchev–Trinajstić information content (AvgIpc) is 3.48. The molecule has 0 unspecified atom stereocenters. The lowest BCUT2D eigenvalue weighted by Gasteiger charge is -2.12. The van der Waals surface area contributed by atoms with E-state index >= 15 is 0 Å². The molecule has 0 spiro atoms. The van der Waals surface area contributed by atoms with Gasteiger partial charge < -0.3 is 4.90 Å². The number of hydrogen-bond acceptors (Lipinski definition) is 4. The zero-order chi connectivity index (χ0) is 19.0. The van der Waals surface area contributed by atoms with E-state index in [1.54, 1.807) is 22.7 Å². The maximum atomic E-state index is 13.2. The molecule has 1 heterocycles. The van der Waals surface area contributed by atoms with E-state index in [4.69, 9.17) is 0 Å². The van der Waals surface area contributed by atoms with Crippen molar-refractivity contribution in [3.05, 3.63) is 64.2 Å². The molecule has 4 nitrogen and oxygen atoms in total. The molecule has 1 aliphatic carbocycles. The monoisotopic (exact) mass is 379 g/mol. The molecule has 0 bridgehead atoms. The average molecular weight is 380 g/mol. The third-order valence-corrected chi connectivity index (χ3v) is 6.05. The smallest absolute Gasteiger partial charge is 0.265 e. The minimum absolute atomic E-state index is 0.00565.